The highest BCUT2D eigenvalue weighted by Crippen LogP contribution is 2.30. The number of carboxylic acid groups (broad SMARTS) is 1. The van der Waals surface area contributed by atoms with E-state index < -0.39 is 5.97 Å². The smallest absolute Gasteiger partial charge is 0.355 e. The molecule has 102 valence electrons. The summed E-state index contributed by atoms with van der Waals surface area (Å²) in [5, 5.41) is 11.6. The largest absolute Gasteiger partial charge is 0.476 e. The van der Waals surface area contributed by atoms with Crippen LogP contribution in [0.5, 0.6) is 0 Å². The molecule has 0 fully saturated rings. The Hall–Kier alpha value is -0.900. The summed E-state index contributed by atoms with van der Waals surface area (Å²) < 4.78 is 0. The van der Waals surface area contributed by atoms with E-state index in [9.17, 15) is 4.79 Å². The highest BCUT2D eigenvalue weighted by molar-refractivity contribution is 7.09. The van der Waals surface area contributed by atoms with Crippen LogP contribution < -0.4 is 0 Å². The van der Waals surface area contributed by atoms with Crippen molar-refractivity contribution in [3.05, 3.63) is 16.1 Å². The molecule has 2 atom stereocenters. The highest BCUT2D eigenvalue weighted by Gasteiger charge is 2.17. The third-order valence-corrected chi connectivity index (χ3v) is 4.44. The van der Waals surface area contributed by atoms with Crippen LogP contribution in [0.25, 0.3) is 0 Å². The number of aromatic nitrogens is 1. The van der Waals surface area contributed by atoms with Gasteiger partial charge < -0.3 is 5.11 Å². The molecule has 0 aliphatic carbocycles. The van der Waals surface area contributed by atoms with Gasteiger partial charge in [0.25, 0.3) is 0 Å². The van der Waals surface area contributed by atoms with Crippen LogP contribution in [0.2, 0.25) is 0 Å². The number of rotatable bonds is 8. The van der Waals surface area contributed by atoms with Gasteiger partial charge in [0.05, 0.1) is 5.01 Å². The lowest BCUT2D eigenvalue weighted by Gasteiger charge is -2.15. The number of nitrogens with zero attached hydrogens (tertiary/aromatic N) is 1. The van der Waals surface area contributed by atoms with Crippen LogP contribution in [0, 0.1) is 5.92 Å². The molecule has 0 saturated carbocycles. The summed E-state index contributed by atoms with van der Waals surface area (Å²) >= 11 is 1.49. The number of thiazole rings is 1. The van der Waals surface area contributed by atoms with Crippen LogP contribution in [-0.2, 0) is 0 Å². The third kappa shape index (κ3) is 4.41. The molecule has 1 heterocycles. The van der Waals surface area contributed by atoms with E-state index in [0.29, 0.717) is 5.92 Å². The fraction of sp³-hybridized carbons (Fsp3) is 0.714. The van der Waals surface area contributed by atoms with E-state index in [-0.39, 0.29) is 5.69 Å². The van der Waals surface area contributed by atoms with Crippen molar-refractivity contribution < 1.29 is 9.90 Å². The van der Waals surface area contributed by atoms with Crippen molar-refractivity contribution in [1.82, 2.24) is 4.98 Å². The highest BCUT2D eigenvalue weighted by atomic mass is 32.1. The SMILES string of the molecule is CCCC(CCC(C)CC)c1nc(C(=O)O)cs1. The third-order valence-electron chi connectivity index (χ3n) is 3.43. The Morgan fingerprint density at radius 1 is 1.39 bits per heavy atom. The Kier molecular flexibility index (Phi) is 6.33. The van der Waals surface area contributed by atoms with E-state index in [1.54, 1.807) is 5.38 Å². The van der Waals surface area contributed by atoms with Crippen molar-refractivity contribution in [1.29, 1.82) is 0 Å². The zero-order valence-corrected chi connectivity index (χ0v) is 12.3. The van der Waals surface area contributed by atoms with Gasteiger partial charge in [-0.3, -0.25) is 0 Å². The van der Waals surface area contributed by atoms with Gasteiger partial charge in [0.2, 0.25) is 0 Å². The lowest BCUT2D eigenvalue weighted by Crippen LogP contribution is -2.03. The normalized spacial score (nSPS) is 14.4. The standard InChI is InChI=1S/C14H23NO2S/c1-4-6-11(8-7-10(3)5-2)13-15-12(9-18-13)14(16)17/h9-11H,4-8H2,1-3H3,(H,16,17). The predicted octanol–water partition coefficient (Wildman–Crippen LogP) is 4.55. The number of carboxylic acids is 1. The first-order chi connectivity index (χ1) is 8.58. The lowest BCUT2D eigenvalue weighted by molar-refractivity contribution is 0.0691. The van der Waals surface area contributed by atoms with E-state index in [0.717, 1.165) is 30.2 Å². The van der Waals surface area contributed by atoms with Crippen LogP contribution in [0.15, 0.2) is 5.38 Å². The van der Waals surface area contributed by atoms with Crippen LogP contribution in [0.3, 0.4) is 0 Å². The second-order valence-electron chi connectivity index (χ2n) is 4.95. The van der Waals surface area contributed by atoms with E-state index in [2.05, 4.69) is 25.8 Å². The Labute approximate surface area is 113 Å². The second kappa shape index (κ2) is 7.52. The zero-order chi connectivity index (χ0) is 13.5. The fourth-order valence-electron chi connectivity index (χ4n) is 2.00. The Morgan fingerprint density at radius 2 is 2.11 bits per heavy atom. The molecule has 0 saturated heterocycles. The Morgan fingerprint density at radius 3 is 2.61 bits per heavy atom. The Bertz CT molecular complexity index is 376. The van der Waals surface area contributed by atoms with Gasteiger partial charge in [-0.2, -0.15) is 0 Å². The zero-order valence-electron chi connectivity index (χ0n) is 11.5. The van der Waals surface area contributed by atoms with Gasteiger partial charge in [-0.05, 0) is 18.8 Å². The summed E-state index contributed by atoms with van der Waals surface area (Å²) in [4.78, 5) is 15.1. The maximum absolute atomic E-state index is 10.9. The number of hydrogen-bond acceptors (Lipinski definition) is 3. The maximum atomic E-state index is 10.9. The maximum Gasteiger partial charge on any atom is 0.355 e. The molecule has 1 aromatic rings. The number of hydrogen-bond donors (Lipinski definition) is 1. The summed E-state index contributed by atoms with van der Waals surface area (Å²) in [6.45, 7) is 6.65. The van der Waals surface area contributed by atoms with Gasteiger partial charge in [-0.15, -0.1) is 11.3 Å². The molecule has 0 aliphatic rings. The first-order valence-electron chi connectivity index (χ1n) is 6.77. The minimum absolute atomic E-state index is 0.194. The summed E-state index contributed by atoms with van der Waals surface area (Å²) in [7, 11) is 0. The van der Waals surface area contributed by atoms with Gasteiger partial charge in [-0.25, -0.2) is 9.78 Å². The average molecular weight is 269 g/mol. The first kappa shape index (κ1) is 15.2. The molecule has 0 bridgehead atoms. The van der Waals surface area contributed by atoms with Gasteiger partial charge >= 0.3 is 5.97 Å². The topological polar surface area (TPSA) is 50.2 Å². The van der Waals surface area contributed by atoms with Crippen molar-refractivity contribution in [2.75, 3.05) is 0 Å². The summed E-state index contributed by atoms with van der Waals surface area (Å²) in [6, 6.07) is 0. The van der Waals surface area contributed by atoms with Crippen molar-refractivity contribution in [2.24, 2.45) is 5.92 Å². The fourth-order valence-corrected chi connectivity index (χ4v) is 2.97. The molecular weight excluding hydrogens is 246 g/mol. The molecular formula is C14H23NO2S. The molecule has 1 aromatic heterocycles. The predicted molar refractivity (Wildman–Crippen MR) is 75.4 cm³/mol. The van der Waals surface area contributed by atoms with Crippen LogP contribution in [0.4, 0.5) is 0 Å². The minimum Gasteiger partial charge on any atom is -0.476 e. The Balaban J connectivity index is 2.67. The van der Waals surface area contributed by atoms with E-state index in [1.165, 1.54) is 24.2 Å². The van der Waals surface area contributed by atoms with Crippen LogP contribution in [0.1, 0.15) is 74.3 Å². The van der Waals surface area contributed by atoms with E-state index in [1.807, 2.05) is 0 Å². The minimum atomic E-state index is -0.922. The summed E-state index contributed by atoms with van der Waals surface area (Å²) in [6.07, 6.45) is 5.74. The van der Waals surface area contributed by atoms with Gasteiger partial charge in [0.15, 0.2) is 5.69 Å². The molecule has 0 aliphatic heterocycles. The van der Waals surface area contributed by atoms with Gasteiger partial charge in [0.1, 0.15) is 0 Å². The van der Waals surface area contributed by atoms with Crippen LogP contribution >= 0.6 is 11.3 Å². The van der Waals surface area contributed by atoms with Crippen LogP contribution in [-0.4, -0.2) is 16.1 Å². The molecule has 0 radical (unpaired) electrons. The number of carbonyl (C=O) groups is 1. The van der Waals surface area contributed by atoms with Crippen molar-refractivity contribution >= 4 is 17.3 Å². The molecule has 0 aromatic carbocycles. The molecule has 0 spiro atoms. The molecule has 0 amide bonds. The first-order valence-corrected chi connectivity index (χ1v) is 7.65. The monoisotopic (exact) mass is 269 g/mol. The van der Waals surface area contributed by atoms with Crippen molar-refractivity contribution in [3.8, 4) is 0 Å². The van der Waals surface area contributed by atoms with Gasteiger partial charge in [0, 0.05) is 11.3 Å². The molecule has 1 rings (SSSR count). The average Bonchev–Trinajstić information content (AvgIpc) is 2.83. The summed E-state index contributed by atoms with van der Waals surface area (Å²) in [5.41, 5.74) is 0.194. The van der Waals surface area contributed by atoms with E-state index in [4.69, 9.17) is 5.11 Å². The lowest BCUT2D eigenvalue weighted by atomic mass is 9.93. The summed E-state index contributed by atoms with van der Waals surface area (Å²) in [5.74, 6) is 0.250. The quantitative estimate of drug-likeness (QED) is 0.753. The van der Waals surface area contributed by atoms with Gasteiger partial charge in [-0.1, -0.05) is 40.0 Å². The van der Waals surface area contributed by atoms with Crippen molar-refractivity contribution in [2.45, 2.75) is 58.8 Å². The molecule has 18 heavy (non-hydrogen) atoms. The second-order valence-corrected chi connectivity index (χ2v) is 5.84. The molecule has 2 unspecified atom stereocenters. The molecule has 3 nitrogen and oxygen atoms in total. The van der Waals surface area contributed by atoms with E-state index >= 15 is 0 Å². The number of aromatic carboxylic acids is 1. The molecule has 1 N–H and O–H groups in total. The molecule has 4 heteroatoms. The van der Waals surface area contributed by atoms with Crippen molar-refractivity contribution in [3.63, 3.8) is 0 Å².